The van der Waals surface area contributed by atoms with Gasteiger partial charge in [-0.3, -0.25) is 10.1 Å². The number of amides is 4. The van der Waals surface area contributed by atoms with E-state index < -0.39 is 24.1 Å². The van der Waals surface area contributed by atoms with Crippen LogP contribution >= 0.6 is 23.2 Å². The van der Waals surface area contributed by atoms with E-state index in [9.17, 15) is 14.4 Å². The van der Waals surface area contributed by atoms with Crippen LogP contribution in [-0.2, 0) is 17.7 Å². The highest BCUT2D eigenvalue weighted by molar-refractivity contribution is 6.32. The van der Waals surface area contributed by atoms with Gasteiger partial charge in [0.25, 0.3) is 0 Å². The number of tetrazole rings is 1. The molecule has 45 heavy (non-hydrogen) atoms. The number of rotatable bonds is 10. The molecule has 0 saturated carbocycles. The number of hydrogen-bond acceptors (Lipinski definition) is 8. The Labute approximate surface area is 266 Å². The normalized spacial score (nSPS) is 11.4. The number of nitrogens with two attached hydrogens (primary N) is 1. The maximum Gasteiger partial charge on any atom is 0.411 e. The van der Waals surface area contributed by atoms with Crippen molar-refractivity contribution in [1.82, 2.24) is 40.8 Å². The zero-order valence-corrected chi connectivity index (χ0v) is 25.1. The summed E-state index contributed by atoms with van der Waals surface area (Å²) in [5.41, 5.74) is 9.45. The Morgan fingerprint density at radius 1 is 1.07 bits per heavy atom. The van der Waals surface area contributed by atoms with Crippen molar-refractivity contribution in [3.8, 4) is 16.9 Å². The third-order valence-corrected chi connectivity index (χ3v) is 7.14. The molecule has 0 unspecified atom stereocenters. The molecule has 230 valence electrons. The summed E-state index contributed by atoms with van der Waals surface area (Å²) in [5.74, 6) is -0.212. The van der Waals surface area contributed by atoms with Crippen LogP contribution in [0.15, 0.2) is 73.1 Å². The molecule has 0 aliphatic carbocycles. The Balaban J connectivity index is 1.39. The van der Waals surface area contributed by atoms with Gasteiger partial charge in [0.2, 0.25) is 5.91 Å². The molecular weight excluding hydrogens is 623 g/mol. The van der Waals surface area contributed by atoms with Crippen molar-refractivity contribution in [2.45, 2.75) is 19.0 Å². The average molecular weight is 649 g/mol. The highest BCUT2D eigenvalue weighted by atomic mass is 35.5. The number of nitrogens with one attached hydrogen (secondary N) is 4. The predicted molar refractivity (Wildman–Crippen MR) is 166 cm³/mol. The topological polar surface area (TPSA) is 195 Å². The van der Waals surface area contributed by atoms with E-state index in [1.807, 2.05) is 6.07 Å². The number of carbonyl (C=O) groups is 3. The molecule has 0 aliphatic rings. The molecule has 3 aromatic carbocycles. The monoisotopic (exact) mass is 648 g/mol. The van der Waals surface area contributed by atoms with E-state index in [0.717, 1.165) is 5.56 Å². The molecule has 2 aromatic heterocycles. The summed E-state index contributed by atoms with van der Waals surface area (Å²) in [5, 5.41) is 20.3. The summed E-state index contributed by atoms with van der Waals surface area (Å²) in [6.07, 6.45) is 1.08. The fraction of sp³-hybridized carbons (Fsp3) is 0.138. The number of benzene rings is 3. The molecule has 6 N–H and O–H groups in total. The van der Waals surface area contributed by atoms with Crippen LogP contribution in [0.1, 0.15) is 33.4 Å². The first-order valence-corrected chi connectivity index (χ1v) is 14.1. The molecule has 1 atom stereocenters. The summed E-state index contributed by atoms with van der Waals surface area (Å²) in [7, 11) is 1.27. The number of primary amides is 1. The smallest absolute Gasteiger partial charge is 0.411 e. The van der Waals surface area contributed by atoms with Gasteiger partial charge in [-0.2, -0.15) is 0 Å². The minimum absolute atomic E-state index is 0.0988. The zero-order chi connectivity index (χ0) is 31.9. The van der Waals surface area contributed by atoms with Crippen molar-refractivity contribution in [3.05, 3.63) is 106 Å². The maximum atomic E-state index is 13.3. The molecule has 0 bridgehead atoms. The lowest BCUT2D eigenvalue weighted by atomic mass is 10.0. The molecule has 0 aliphatic heterocycles. The number of urea groups is 1. The van der Waals surface area contributed by atoms with Gasteiger partial charge in [0.1, 0.15) is 23.0 Å². The summed E-state index contributed by atoms with van der Waals surface area (Å²) in [6.45, 7) is 0.0988. The Morgan fingerprint density at radius 3 is 2.58 bits per heavy atom. The molecule has 0 fully saturated rings. The van der Waals surface area contributed by atoms with Crippen molar-refractivity contribution in [1.29, 1.82) is 0 Å². The second-order valence-corrected chi connectivity index (χ2v) is 10.5. The molecule has 14 nitrogen and oxygen atoms in total. The Morgan fingerprint density at radius 2 is 1.87 bits per heavy atom. The molecule has 16 heteroatoms. The lowest BCUT2D eigenvalue weighted by Crippen LogP contribution is -2.39. The van der Waals surface area contributed by atoms with Gasteiger partial charge in [0, 0.05) is 28.4 Å². The molecule has 5 aromatic rings. The molecule has 4 amide bonds. The summed E-state index contributed by atoms with van der Waals surface area (Å²) in [4.78, 5) is 44.3. The molecule has 0 spiro atoms. The van der Waals surface area contributed by atoms with Crippen molar-refractivity contribution in [2.75, 3.05) is 12.4 Å². The molecule has 0 saturated heterocycles. The van der Waals surface area contributed by atoms with E-state index in [4.69, 9.17) is 33.9 Å². The van der Waals surface area contributed by atoms with Crippen molar-refractivity contribution in [2.24, 2.45) is 5.73 Å². The van der Waals surface area contributed by atoms with Gasteiger partial charge in [0.05, 0.1) is 18.8 Å². The summed E-state index contributed by atoms with van der Waals surface area (Å²) < 4.78 is 6.08. The maximum absolute atomic E-state index is 13.3. The van der Waals surface area contributed by atoms with Gasteiger partial charge < -0.3 is 26.1 Å². The van der Waals surface area contributed by atoms with E-state index in [1.165, 1.54) is 18.1 Å². The van der Waals surface area contributed by atoms with Crippen LogP contribution in [-0.4, -0.2) is 55.3 Å². The Bertz CT molecular complexity index is 1830. The van der Waals surface area contributed by atoms with Crippen LogP contribution in [0.5, 0.6) is 0 Å². The number of anilines is 1. The van der Waals surface area contributed by atoms with Gasteiger partial charge in [-0.15, -0.1) is 5.10 Å². The third-order valence-electron chi connectivity index (χ3n) is 6.63. The SMILES string of the molecule is COC(=O)Nc1ccc(-c2nc([C@H](Cc3cccc(C(N)=O)c3)NC(=O)NCc3cc(Cl)ccc3-n3cnnn3)[nH]c2Cl)cc1. The first-order chi connectivity index (χ1) is 21.7. The molecule has 0 radical (unpaired) electrons. The highest BCUT2D eigenvalue weighted by Gasteiger charge is 2.22. The summed E-state index contributed by atoms with van der Waals surface area (Å²) in [6, 6.07) is 17.5. The van der Waals surface area contributed by atoms with Crippen molar-refractivity contribution < 1.29 is 19.1 Å². The lowest BCUT2D eigenvalue weighted by Gasteiger charge is -2.18. The predicted octanol–water partition coefficient (Wildman–Crippen LogP) is 4.42. The zero-order valence-electron chi connectivity index (χ0n) is 23.6. The first-order valence-electron chi connectivity index (χ1n) is 13.4. The first kappa shape index (κ1) is 31.0. The fourth-order valence-electron chi connectivity index (χ4n) is 4.48. The Hall–Kier alpha value is -5.47. The van der Waals surface area contributed by atoms with Crippen LogP contribution in [0.4, 0.5) is 15.3 Å². The standard InChI is InChI=1S/C29H26Cl2N10O4/c1-45-29(44)35-21-8-5-17(6-9-21)24-25(31)38-27(37-24)22(12-16-3-2-4-18(11-16)26(32)42)36-28(43)33-14-19-13-20(30)7-10-23(19)41-15-34-39-40-41/h2-11,13,15,22H,12,14H2,1H3,(H2,32,42)(H,35,44)(H,37,38)(H2,33,36,43)/t22-/m0/s1. The van der Waals surface area contributed by atoms with Gasteiger partial charge in [-0.25, -0.2) is 19.3 Å². The van der Waals surface area contributed by atoms with Crippen LogP contribution in [0.3, 0.4) is 0 Å². The van der Waals surface area contributed by atoms with Crippen LogP contribution in [0, 0.1) is 0 Å². The van der Waals surface area contributed by atoms with Crippen LogP contribution < -0.4 is 21.7 Å². The lowest BCUT2D eigenvalue weighted by molar-refractivity contribution is 0.1000. The van der Waals surface area contributed by atoms with Gasteiger partial charge in [-0.05, 0) is 70.4 Å². The molecular formula is C29H26Cl2N10O4. The number of halogens is 2. The van der Waals surface area contributed by atoms with Gasteiger partial charge in [0.15, 0.2) is 0 Å². The molecule has 2 heterocycles. The van der Waals surface area contributed by atoms with Crippen molar-refractivity contribution in [3.63, 3.8) is 0 Å². The van der Waals surface area contributed by atoms with E-state index in [0.29, 0.717) is 44.6 Å². The number of aromatic amines is 1. The van der Waals surface area contributed by atoms with E-state index in [1.54, 1.807) is 60.7 Å². The average Bonchev–Trinajstić information content (AvgIpc) is 3.70. The number of aromatic nitrogens is 6. The number of H-pyrrole nitrogens is 1. The molecule has 5 rings (SSSR count). The van der Waals surface area contributed by atoms with Crippen LogP contribution in [0.2, 0.25) is 10.2 Å². The van der Waals surface area contributed by atoms with Crippen LogP contribution in [0.25, 0.3) is 16.9 Å². The minimum atomic E-state index is -0.710. The second-order valence-electron chi connectivity index (χ2n) is 9.65. The second kappa shape index (κ2) is 13.9. The number of methoxy groups -OCH3 is 1. The van der Waals surface area contributed by atoms with Gasteiger partial charge in [-0.1, -0.05) is 47.5 Å². The number of nitrogens with zero attached hydrogens (tertiary/aromatic N) is 5. The van der Waals surface area contributed by atoms with E-state index in [2.05, 4.69) is 41.2 Å². The largest absolute Gasteiger partial charge is 0.453 e. The highest BCUT2D eigenvalue weighted by Crippen LogP contribution is 2.30. The van der Waals surface area contributed by atoms with Gasteiger partial charge >= 0.3 is 12.1 Å². The third kappa shape index (κ3) is 7.74. The minimum Gasteiger partial charge on any atom is -0.453 e. The number of carbonyl (C=O) groups excluding carboxylic acids is 3. The summed E-state index contributed by atoms with van der Waals surface area (Å²) >= 11 is 12.8. The fourth-order valence-corrected chi connectivity index (χ4v) is 4.93. The number of imidazole rings is 1. The van der Waals surface area contributed by atoms with E-state index >= 15 is 0 Å². The van der Waals surface area contributed by atoms with Crippen molar-refractivity contribution >= 4 is 46.9 Å². The number of hydrogen-bond donors (Lipinski definition) is 5. The number of ether oxygens (including phenoxy) is 1. The van der Waals surface area contributed by atoms with E-state index in [-0.39, 0.29) is 18.1 Å². The Kier molecular flexibility index (Phi) is 9.55. The quantitative estimate of drug-likeness (QED) is 0.147.